The maximum Gasteiger partial charge on any atom is 0.311 e. The van der Waals surface area contributed by atoms with E-state index in [2.05, 4.69) is 15.2 Å². The quantitative estimate of drug-likeness (QED) is 0.384. The van der Waals surface area contributed by atoms with Gasteiger partial charge in [-0.15, -0.1) is 22.0 Å². The lowest BCUT2D eigenvalue weighted by Crippen LogP contribution is -2.04. The third-order valence-electron chi connectivity index (χ3n) is 3.74. The van der Waals surface area contributed by atoms with Crippen LogP contribution >= 0.6 is 11.8 Å². The number of aryl methyl sites for hydroxylation is 1. The summed E-state index contributed by atoms with van der Waals surface area (Å²) in [5.41, 5.74) is 2.99. The number of pyridine rings is 1. The second-order valence-corrected chi connectivity index (χ2v) is 6.28. The Morgan fingerprint density at radius 3 is 2.80 bits per heavy atom. The molecule has 0 unspecified atom stereocenters. The Balaban J connectivity index is 2.07. The van der Waals surface area contributed by atoms with Gasteiger partial charge in [-0.25, -0.2) is 4.98 Å². The van der Waals surface area contributed by atoms with Crippen molar-refractivity contribution in [3.63, 3.8) is 0 Å². The Hall–Kier alpha value is -2.67. The number of benzene rings is 1. The Bertz CT molecular complexity index is 949. The molecule has 3 aromatic rings. The first-order valence-electron chi connectivity index (χ1n) is 7.72. The third kappa shape index (κ3) is 3.71. The SMILES string of the molecule is COC(=O)Cc1nc2cccc(C)n2c1N=Nc1cccc(SC)c1. The van der Waals surface area contributed by atoms with Gasteiger partial charge in [-0.05, 0) is 43.5 Å². The van der Waals surface area contributed by atoms with Crippen LogP contribution in [0.15, 0.2) is 57.6 Å². The number of aromatic nitrogens is 2. The first kappa shape index (κ1) is 17.2. The molecule has 0 bridgehead atoms. The molecule has 0 atom stereocenters. The van der Waals surface area contributed by atoms with E-state index in [1.54, 1.807) is 11.8 Å². The fourth-order valence-corrected chi connectivity index (χ4v) is 2.94. The Kier molecular flexibility index (Phi) is 5.14. The minimum absolute atomic E-state index is 0.0524. The average Bonchev–Trinajstić information content (AvgIpc) is 2.98. The monoisotopic (exact) mass is 354 g/mol. The highest BCUT2D eigenvalue weighted by atomic mass is 32.2. The lowest BCUT2D eigenvalue weighted by molar-refractivity contribution is -0.139. The molecule has 0 aliphatic carbocycles. The lowest BCUT2D eigenvalue weighted by atomic mass is 10.3. The molecule has 0 spiro atoms. The number of azo groups is 1. The highest BCUT2D eigenvalue weighted by Gasteiger charge is 2.16. The first-order chi connectivity index (χ1) is 12.1. The first-order valence-corrected chi connectivity index (χ1v) is 8.94. The fraction of sp³-hybridized carbons (Fsp3) is 0.222. The lowest BCUT2D eigenvalue weighted by Gasteiger charge is -2.02. The minimum Gasteiger partial charge on any atom is -0.469 e. The summed E-state index contributed by atoms with van der Waals surface area (Å²) in [6, 6.07) is 13.6. The van der Waals surface area contributed by atoms with E-state index >= 15 is 0 Å². The number of carbonyl (C=O) groups is 1. The molecule has 25 heavy (non-hydrogen) atoms. The Morgan fingerprint density at radius 1 is 1.24 bits per heavy atom. The molecule has 0 N–H and O–H groups in total. The van der Waals surface area contributed by atoms with Gasteiger partial charge in [-0.3, -0.25) is 9.20 Å². The van der Waals surface area contributed by atoms with Crippen molar-refractivity contribution in [3.8, 4) is 0 Å². The van der Waals surface area contributed by atoms with Crippen LogP contribution in [0.5, 0.6) is 0 Å². The zero-order valence-corrected chi connectivity index (χ0v) is 15.1. The Labute approximate surface area is 149 Å². The summed E-state index contributed by atoms with van der Waals surface area (Å²) >= 11 is 1.65. The number of hydrogen-bond donors (Lipinski definition) is 0. The molecule has 6 nitrogen and oxygen atoms in total. The second-order valence-electron chi connectivity index (χ2n) is 5.40. The van der Waals surface area contributed by atoms with Crippen molar-refractivity contribution in [2.45, 2.75) is 18.2 Å². The summed E-state index contributed by atoms with van der Waals surface area (Å²) in [5, 5.41) is 8.74. The number of thioether (sulfide) groups is 1. The maximum atomic E-state index is 11.7. The van der Waals surface area contributed by atoms with Crippen LogP contribution in [0.1, 0.15) is 11.4 Å². The highest BCUT2D eigenvalue weighted by Crippen LogP contribution is 2.27. The van der Waals surface area contributed by atoms with Crippen LogP contribution in [-0.2, 0) is 16.0 Å². The van der Waals surface area contributed by atoms with Crippen molar-refractivity contribution in [2.75, 3.05) is 13.4 Å². The van der Waals surface area contributed by atoms with Crippen LogP contribution < -0.4 is 0 Å². The van der Waals surface area contributed by atoms with Crippen LogP contribution in [0, 0.1) is 6.92 Å². The number of rotatable bonds is 5. The van der Waals surface area contributed by atoms with Crippen molar-refractivity contribution >= 4 is 34.9 Å². The molecule has 2 heterocycles. The number of esters is 1. The van der Waals surface area contributed by atoms with Crippen LogP contribution in [0.2, 0.25) is 0 Å². The van der Waals surface area contributed by atoms with Gasteiger partial charge < -0.3 is 4.74 Å². The topological polar surface area (TPSA) is 68.3 Å². The van der Waals surface area contributed by atoms with Crippen LogP contribution in [0.4, 0.5) is 11.5 Å². The second kappa shape index (κ2) is 7.48. The molecule has 1 aromatic carbocycles. The number of ether oxygens (including phenoxy) is 1. The van der Waals surface area contributed by atoms with E-state index in [4.69, 9.17) is 4.74 Å². The maximum absolute atomic E-state index is 11.7. The summed E-state index contributed by atoms with van der Waals surface area (Å²) in [4.78, 5) is 17.3. The van der Waals surface area contributed by atoms with Gasteiger partial charge in [0, 0.05) is 10.6 Å². The predicted molar refractivity (Wildman–Crippen MR) is 98.0 cm³/mol. The van der Waals surface area contributed by atoms with Crippen molar-refractivity contribution < 1.29 is 9.53 Å². The summed E-state index contributed by atoms with van der Waals surface area (Å²) in [7, 11) is 1.36. The van der Waals surface area contributed by atoms with E-state index in [9.17, 15) is 4.79 Å². The zero-order valence-electron chi connectivity index (χ0n) is 14.3. The van der Waals surface area contributed by atoms with Gasteiger partial charge in [-0.2, -0.15) is 0 Å². The summed E-state index contributed by atoms with van der Waals surface area (Å²) in [5.74, 6) is 0.190. The molecular weight excluding hydrogens is 336 g/mol. The number of methoxy groups -OCH3 is 1. The van der Waals surface area contributed by atoms with E-state index in [-0.39, 0.29) is 12.4 Å². The highest BCUT2D eigenvalue weighted by molar-refractivity contribution is 7.98. The smallest absolute Gasteiger partial charge is 0.311 e. The van der Waals surface area contributed by atoms with Gasteiger partial charge in [0.25, 0.3) is 0 Å². The van der Waals surface area contributed by atoms with Crippen LogP contribution in [0.3, 0.4) is 0 Å². The number of hydrogen-bond acceptors (Lipinski definition) is 6. The molecular formula is C18H18N4O2S. The van der Waals surface area contributed by atoms with Crippen molar-refractivity contribution in [2.24, 2.45) is 10.2 Å². The summed E-state index contributed by atoms with van der Waals surface area (Å²) in [6.07, 6.45) is 2.06. The fourth-order valence-electron chi connectivity index (χ4n) is 2.49. The van der Waals surface area contributed by atoms with Gasteiger partial charge in [0.15, 0.2) is 5.82 Å². The van der Waals surface area contributed by atoms with Crippen molar-refractivity contribution in [1.29, 1.82) is 0 Å². The largest absolute Gasteiger partial charge is 0.469 e. The van der Waals surface area contributed by atoms with Gasteiger partial charge in [0.1, 0.15) is 5.65 Å². The molecule has 0 fully saturated rings. The van der Waals surface area contributed by atoms with E-state index in [0.717, 1.165) is 21.9 Å². The van der Waals surface area contributed by atoms with Crippen LogP contribution in [-0.4, -0.2) is 28.7 Å². The van der Waals surface area contributed by atoms with Gasteiger partial charge >= 0.3 is 5.97 Å². The molecule has 128 valence electrons. The molecule has 0 saturated carbocycles. The van der Waals surface area contributed by atoms with Gasteiger partial charge in [0.05, 0.1) is 24.9 Å². The van der Waals surface area contributed by atoms with E-state index in [1.165, 1.54) is 7.11 Å². The molecule has 0 radical (unpaired) electrons. The summed E-state index contributed by atoms with van der Waals surface area (Å²) in [6.45, 7) is 1.96. The molecule has 0 amide bonds. The minimum atomic E-state index is -0.359. The molecule has 7 heteroatoms. The van der Waals surface area contributed by atoms with Crippen LogP contribution in [0.25, 0.3) is 5.65 Å². The Morgan fingerprint density at radius 2 is 2.04 bits per heavy atom. The van der Waals surface area contributed by atoms with Crippen molar-refractivity contribution in [1.82, 2.24) is 9.38 Å². The summed E-state index contributed by atoms with van der Waals surface area (Å²) < 4.78 is 6.65. The van der Waals surface area contributed by atoms with Crippen molar-refractivity contribution in [3.05, 3.63) is 53.9 Å². The molecule has 0 aliphatic heterocycles. The number of nitrogens with zero attached hydrogens (tertiary/aromatic N) is 4. The standard InChI is InChI=1S/C18H18N4O2S/c1-12-6-4-9-16-19-15(11-17(23)24-2)18(22(12)16)21-20-13-7-5-8-14(10-13)25-3/h4-10H,11H2,1-3H3. The third-order valence-corrected chi connectivity index (χ3v) is 4.46. The van der Waals surface area contributed by atoms with Gasteiger partial charge in [-0.1, -0.05) is 12.1 Å². The van der Waals surface area contributed by atoms with E-state index in [0.29, 0.717) is 11.5 Å². The average molecular weight is 354 g/mol. The molecule has 0 aliphatic rings. The normalized spacial score (nSPS) is 11.3. The van der Waals surface area contributed by atoms with E-state index < -0.39 is 0 Å². The van der Waals surface area contributed by atoms with Gasteiger partial charge in [0.2, 0.25) is 0 Å². The zero-order chi connectivity index (χ0) is 17.8. The molecule has 0 saturated heterocycles. The molecule has 3 rings (SSSR count). The number of imidazole rings is 1. The van der Waals surface area contributed by atoms with E-state index in [1.807, 2.05) is 60.0 Å². The molecule has 2 aromatic heterocycles. The number of carbonyl (C=O) groups excluding carboxylic acids is 1. The number of fused-ring (bicyclic) bond motifs is 1. The predicted octanol–water partition coefficient (Wildman–Crippen LogP) is 4.50.